The Balaban J connectivity index is 2.68. The molecule has 0 bridgehead atoms. The van der Waals surface area contributed by atoms with Crippen molar-refractivity contribution in [2.24, 2.45) is 0 Å². The Morgan fingerprint density at radius 1 is 0.464 bits per heavy atom. The van der Waals surface area contributed by atoms with Gasteiger partial charge in [0.25, 0.3) is 0 Å². The first kappa shape index (κ1) is 20.0. The van der Waals surface area contributed by atoms with Crippen LogP contribution < -0.4 is 15.9 Å². The monoisotopic (exact) mass is 435 g/mol. The summed E-state index contributed by atoms with van der Waals surface area (Å²) in [5.41, 5.74) is 0. The first-order valence-corrected chi connectivity index (χ1v) is 14.5. The number of hydrogen-bond acceptors (Lipinski definition) is 4. The average molecular weight is 435 g/mol. The second-order valence-corrected chi connectivity index (χ2v) is 19.6. The summed E-state index contributed by atoms with van der Waals surface area (Å²) < 4.78 is 0. The van der Waals surface area contributed by atoms with Gasteiger partial charge in [-0.3, -0.25) is 0 Å². The van der Waals surface area contributed by atoms with Crippen LogP contribution >= 0.6 is 5.95 Å². The molecule has 0 aliphatic heterocycles. The molecule has 6 heteroatoms. The van der Waals surface area contributed by atoms with Crippen LogP contribution in [0.3, 0.4) is 0 Å². The van der Waals surface area contributed by atoms with Crippen LogP contribution in [-0.4, -0.2) is 20.7 Å². The molecular formula is C22H20FeO4P. The van der Waals surface area contributed by atoms with Gasteiger partial charge in [0.2, 0.25) is 0 Å². The Bertz CT molecular complexity index is 866. The molecule has 3 aromatic carbocycles. The molecule has 0 fully saturated rings. The third-order valence-corrected chi connectivity index (χ3v) is 21.7. The molecule has 0 atom stereocenters. The summed E-state index contributed by atoms with van der Waals surface area (Å²) in [5, 5.41) is 3.50. The van der Waals surface area contributed by atoms with Gasteiger partial charge in [-0.25, -0.2) is 0 Å². The number of rotatable bonds is 8. The third-order valence-electron chi connectivity index (χ3n) is 4.85. The SMILES string of the molecule is O=[CH][Fe]([CH]=O)([CH]=O)([CH]=O)[PH](c1ccccc1)(c1ccccc1)c1ccccc1. The summed E-state index contributed by atoms with van der Waals surface area (Å²) in [4.78, 5) is 50.5. The van der Waals surface area contributed by atoms with Crippen LogP contribution in [0.5, 0.6) is 0 Å². The number of carbonyl (C=O) groups excluding carboxylic acids is 4. The van der Waals surface area contributed by atoms with E-state index in [9.17, 15) is 19.2 Å². The molecule has 0 aliphatic carbocycles. The van der Waals surface area contributed by atoms with E-state index in [1.165, 1.54) is 0 Å². The summed E-state index contributed by atoms with van der Waals surface area (Å²) in [7, 11) is 0. The molecule has 145 valence electrons. The predicted molar refractivity (Wildman–Crippen MR) is 114 cm³/mol. The van der Waals surface area contributed by atoms with E-state index >= 15 is 0 Å². The van der Waals surface area contributed by atoms with Crippen LogP contribution in [0.2, 0.25) is 0 Å². The van der Waals surface area contributed by atoms with Crippen LogP contribution in [0.15, 0.2) is 91.0 Å². The van der Waals surface area contributed by atoms with Crippen LogP contribution in [0.4, 0.5) is 0 Å². The summed E-state index contributed by atoms with van der Waals surface area (Å²) >= 11 is -5.00. The van der Waals surface area contributed by atoms with E-state index in [0.29, 0.717) is 36.7 Å². The number of hydrogen-bond donors (Lipinski definition) is 0. The zero-order valence-corrected chi connectivity index (χ0v) is 17.1. The molecule has 0 unspecified atom stereocenters. The Morgan fingerprint density at radius 2 is 0.714 bits per heavy atom. The van der Waals surface area contributed by atoms with E-state index in [1.807, 2.05) is 18.2 Å². The molecule has 0 saturated heterocycles. The van der Waals surface area contributed by atoms with Gasteiger partial charge < -0.3 is 0 Å². The van der Waals surface area contributed by atoms with Crippen molar-refractivity contribution in [2.75, 3.05) is 0 Å². The number of carbonyl (C=O) groups is 4. The molecule has 28 heavy (non-hydrogen) atoms. The van der Waals surface area contributed by atoms with Crippen molar-refractivity contribution >= 4 is 42.6 Å². The van der Waals surface area contributed by atoms with Crippen molar-refractivity contribution in [2.45, 2.75) is 0 Å². The van der Waals surface area contributed by atoms with Crippen molar-refractivity contribution in [3.8, 4) is 0 Å². The Labute approximate surface area is 164 Å². The van der Waals surface area contributed by atoms with Gasteiger partial charge in [-0.1, -0.05) is 0 Å². The minimum absolute atomic E-state index is 0.370. The van der Waals surface area contributed by atoms with Crippen LogP contribution in [-0.2, 0) is 30.5 Å². The fourth-order valence-electron chi connectivity index (χ4n) is 3.57. The van der Waals surface area contributed by atoms with E-state index in [2.05, 4.69) is 0 Å². The maximum absolute atomic E-state index is 12.6. The van der Waals surface area contributed by atoms with Gasteiger partial charge in [0.1, 0.15) is 0 Å². The van der Waals surface area contributed by atoms with Gasteiger partial charge in [-0.15, -0.1) is 0 Å². The quantitative estimate of drug-likeness (QED) is 0.309. The third kappa shape index (κ3) is 2.56. The molecule has 0 radical (unpaired) electrons. The maximum atomic E-state index is 12.6. The first-order chi connectivity index (χ1) is 13.6. The minimum atomic E-state index is -5.00. The molecule has 4 nitrogen and oxygen atoms in total. The fourth-order valence-corrected chi connectivity index (χ4v) is 19.4. The zero-order chi connectivity index (χ0) is 20.1. The van der Waals surface area contributed by atoms with Gasteiger partial charge in [0, 0.05) is 0 Å². The van der Waals surface area contributed by atoms with E-state index in [4.69, 9.17) is 0 Å². The van der Waals surface area contributed by atoms with Crippen molar-refractivity contribution in [1.29, 1.82) is 0 Å². The van der Waals surface area contributed by atoms with Crippen LogP contribution in [0.1, 0.15) is 0 Å². The summed E-state index contributed by atoms with van der Waals surface area (Å²) in [6.07, 6.45) is 0. The normalized spacial score (nSPS) is 13.5. The van der Waals surface area contributed by atoms with E-state index in [0.717, 1.165) is 0 Å². The summed E-state index contributed by atoms with van der Waals surface area (Å²) in [5.74, 6) is -3.68. The Hall–Kier alpha value is -2.71. The molecule has 0 saturated carbocycles. The molecule has 0 aliphatic rings. The molecule has 3 rings (SSSR count). The van der Waals surface area contributed by atoms with Gasteiger partial charge in [0.05, 0.1) is 0 Å². The fraction of sp³-hybridized carbons (Fsp3) is 0. The first-order valence-electron chi connectivity index (χ1n) is 8.42. The van der Waals surface area contributed by atoms with Crippen molar-refractivity contribution < 1.29 is 30.5 Å². The van der Waals surface area contributed by atoms with Crippen LogP contribution in [0.25, 0.3) is 0 Å². The topological polar surface area (TPSA) is 68.3 Å². The molecule has 0 spiro atoms. The molecule has 0 amide bonds. The average Bonchev–Trinajstić information content (AvgIpc) is 2.80. The molecular weight excluding hydrogens is 415 g/mol. The standard InChI is InChI=1S/C18H15P.4CHO.Fe/c1-4-10-16(11-5-1)19(17-12-6-2-7-13-17)18-14-8-3-9-15-18;4*1-2;/h1-15H;4*1H;/q;;;;;-1/p+1. The second-order valence-electron chi connectivity index (χ2n) is 6.19. The van der Waals surface area contributed by atoms with Crippen molar-refractivity contribution in [3.05, 3.63) is 91.0 Å². The van der Waals surface area contributed by atoms with E-state index < -0.39 is 17.3 Å². The van der Waals surface area contributed by atoms with Crippen molar-refractivity contribution in [1.82, 2.24) is 0 Å². The van der Waals surface area contributed by atoms with Gasteiger partial charge in [-0.2, -0.15) is 0 Å². The van der Waals surface area contributed by atoms with Crippen molar-refractivity contribution in [3.63, 3.8) is 0 Å². The summed E-state index contributed by atoms with van der Waals surface area (Å²) in [6, 6.07) is 27.0. The van der Waals surface area contributed by atoms with Gasteiger partial charge >= 0.3 is 164 Å². The van der Waals surface area contributed by atoms with Gasteiger partial charge in [-0.05, 0) is 0 Å². The van der Waals surface area contributed by atoms with E-state index in [-0.39, 0.29) is 0 Å². The van der Waals surface area contributed by atoms with Gasteiger partial charge in [0.15, 0.2) is 0 Å². The summed E-state index contributed by atoms with van der Waals surface area (Å²) in [6.45, 7) is 0. The second kappa shape index (κ2) is 7.73. The Kier molecular flexibility index (Phi) is 5.53. The Morgan fingerprint density at radius 3 is 0.929 bits per heavy atom. The molecule has 0 N–H and O–H groups in total. The van der Waals surface area contributed by atoms with Crippen LogP contribution in [0, 0.1) is 0 Å². The predicted octanol–water partition coefficient (Wildman–Crippen LogP) is 2.08. The molecule has 0 aromatic heterocycles. The van der Waals surface area contributed by atoms with E-state index in [1.54, 1.807) is 72.8 Å². The zero-order valence-electron chi connectivity index (χ0n) is 15.0. The number of benzene rings is 3. The molecule has 0 heterocycles. The molecule has 3 aromatic rings.